The predicted molar refractivity (Wildman–Crippen MR) is 96.1 cm³/mol. The average molecular weight is 332 g/mol. The van der Waals surface area contributed by atoms with Crippen molar-refractivity contribution in [1.82, 2.24) is 14.7 Å². The number of urea groups is 1. The van der Waals surface area contributed by atoms with E-state index in [0.29, 0.717) is 18.9 Å². The van der Waals surface area contributed by atoms with Gasteiger partial charge in [0.25, 0.3) is 0 Å². The van der Waals surface area contributed by atoms with Gasteiger partial charge in [0.05, 0.1) is 0 Å². The molecule has 3 amide bonds. The number of likely N-dealkylation sites (N-methyl/N-ethyl adjacent to an activating group) is 1. The lowest BCUT2D eigenvalue weighted by Gasteiger charge is -2.21. The average Bonchev–Trinajstić information content (AvgIpc) is 3.03. The first-order valence-corrected chi connectivity index (χ1v) is 8.38. The van der Waals surface area contributed by atoms with E-state index in [1.807, 2.05) is 43.3 Å². The molecule has 1 fully saturated rings. The van der Waals surface area contributed by atoms with Crippen LogP contribution in [-0.4, -0.2) is 74.0 Å². The number of rotatable bonds is 5. The van der Waals surface area contributed by atoms with Crippen molar-refractivity contribution in [3.05, 3.63) is 29.8 Å². The van der Waals surface area contributed by atoms with Crippen molar-refractivity contribution in [2.75, 3.05) is 46.6 Å². The number of anilines is 1. The predicted octanol–water partition coefficient (Wildman–Crippen LogP) is 1.88. The number of hydrogen-bond acceptors (Lipinski definition) is 3. The molecule has 1 N–H and O–H groups in total. The topological polar surface area (TPSA) is 55.9 Å². The van der Waals surface area contributed by atoms with Gasteiger partial charge in [-0.15, -0.1) is 0 Å². The Hall–Kier alpha value is -2.08. The highest BCUT2D eigenvalue weighted by Gasteiger charge is 2.27. The number of benzene rings is 1. The van der Waals surface area contributed by atoms with Crippen LogP contribution in [0, 0.1) is 0 Å². The van der Waals surface area contributed by atoms with Gasteiger partial charge in [0.15, 0.2) is 0 Å². The number of nitrogens with zero attached hydrogens (tertiary/aromatic N) is 3. The molecule has 0 saturated carbocycles. The largest absolute Gasteiger partial charge is 0.349 e. The minimum Gasteiger partial charge on any atom is -0.349 e. The SMILES string of the molecule is CN(C)C(=O)CCc1cccc(NC(=O)N2CCC(N(C)C)C2)c1. The number of carbonyl (C=O) groups excluding carboxylic acids is 2. The van der Waals surface area contributed by atoms with Gasteiger partial charge in [0, 0.05) is 45.3 Å². The van der Waals surface area contributed by atoms with Gasteiger partial charge in [-0.2, -0.15) is 0 Å². The second-order valence-corrected chi connectivity index (χ2v) is 6.77. The van der Waals surface area contributed by atoms with Crippen LogP contribution in [0.2, 0.25) is 0 Å². The van der Waals surface area contributed by atoms with E-state index >= 15 is 0 Å². The molecule has 1 aromatic rings. The molecule has 1 atom stereocenters. The fourth-order valence-electron chi connectivity index (χ4n) is 2.83. The van der Waals surface area contributed by atoms with Crippen LogP contribution in [0.3, 0.4) is 0 Å². The molecule has 6 nitrogen and oxygen atoms in total. The van der Waals surface area contributed by atoms with Crippen molar-refractivity contribution < 1.29 is 9.59 Å². The summed E-state index contributed by atoms with van der Waals surface area (Å²) in [4.78, 5) is 29.7. The maximum absolute atomic E-state index is 12.4. The van der Waals surface area contributed by atoms with Crippen molar-refractivity contribution in [3.63, 3.8) is 0 Å². The van der Waals surface area contributed by atoms with E-state index in [4.69, 9.17) is 0 Å². The minimum atomic E-state index is -0.0548. The number of likely N-dealkylation sites (tertiary alicyclic amines) is 1. The summed E-state index contributed by atoms with van der Waals surface area (Å²) in [6, 6.07) is 8.10. The van der Waals surface area contributed by atoms with Gasteiger partial charge < -0.3 is 20.0 Å². The fraction of sp³-hybridized carbons (Fsp3) is 0.556. The van der Waals surface area contributed by atoms with E-state index in [1.165, 1.54) is 0 Å². The molecule has 0 aromatic heterocycles. The Morgan fingerprint density at radius 2 is 2.00 bits per heavy atom. The standard InChI is InChI=1S/C18H28N4O2/c1-20(2)16-10-11-22(13-16)18(24)19-15-7-5-6-14(12-15)8-9-17(23)21(3)4/h5-7,12,16H,8-11,13H2,1-4H3,(H,19,24). The first-order valence-electron chi connectivity index (χ1n) is 8.38. The first-order chi connectivity index (χ1) is 11.4. The molecule has 0 spiro atoms. The maximum atomic E-state index is 12.4. The smallest absolute Gasteiger partial charge is 0.321 e. The van der Waals surface area contributed by atoms with E-state index in [0.717, 1.165) is 30.8 Å². The molecule has 24 heavy (non-hydrogen) atoms. The van der Waals surface area contributed by atoms with E-state index in [-0.39, 0.29) is 11.9 Å². The van der Waals surface area contributed by atoms with Gasteiger partial charge in [-0.1, -0.05) is 12.1 Å². The Labute approximate surface area is 144 Å². The molecule has 1 heterocycles. The summed E-state index contributed by atoms with van der Waals surface area (Å²) in [6.07, 6.45) is 2.15. The second kappa shape index (κ2) is 8.15. The number of amides is 3. The molecular weight excluding hydrogens is 304 g/mol. The highest BCUT2D eigenvalue weighted by Crippen LogP contribution is 2.17. The lowest BCUT2D eigenvalue weighted by atomic mass is 10.1. The lowest BCUT2D eigenvalue weighted by molar-refractivity contribution is -0.128. The number of carbonyl (C=O) groups is 2. The molecule has 0 aliphatic carbocycles. The van der Waals surface area contributed by atoms with Crippen LogP contribution in [0.4, 0.5) is 10.5 Å². The Morgan fingerprint density at radius 3 is 2.62 bits per heavy atom. The molecule has 2 rings (SSSR count). The summed E-state index contributed by atoms with van der Waals surface area (Å²) < 4.78 is 0. The Morgan fingerprint density at radius 1 is 1.25 bits per heavy atom. The van der Waals surface area contributed by atoms with Gasteiger partial charge in [-0.25, -0.2) is 4.79 Å². The molecule has 132 valence electrons. The number of hydrogen-bond donors (Lipinski definition) is 1. The van der Waals surface area contributed by atoms with Crippen LogP contribution < -0.4 is 5.32 Å². The van der Waals surface area contributed by atoms with Crippen molar-refractivity contribution in [1.29, 1.82) is 0 Å². The van der Waals surface area contributed by atoms with E-state index in [2.05, 4.69) is 10.2 Å². The quantitative estimate of drug-likeness (QED) is 0.896. The first kappa shape index (κ1) is 18.3. The molecule has 1 unspecified atom stereocenters. The third kappa shape index (κ3) is 4.96. The van der Waals surface area contributed by atoms with Gasteiger partial charge in [-0.05, 0) is 44.6 Å². The summed E-state index contributed by atoms with van der Waals surface area (Å²) in [6.45, 7) is 1.54. The molecule has 1 aliphatic heterocycles. The third-order valence-electron chi connectivity index (χ3n) is 4.49. The Bertz CT molecular complexity index is 586. The van der Waals surface area contributed by atoms with Crippen molar-refractivity contribution in [3.8, 4) is 0 Å². The summed E-state index contributed by atoms with van der Waals surface area (Å²) in [5.41, 5.74) is 1.83. The van der Waals surface area contributed by atoms with Crippen LogP contribution in [0.5, 0.6) is 0 Å². The zero-order chi connectivity index (χ0) is 17.7. The lowest BCUT2D eigenvalue weighted by Crippen LogP contribution is -2.36. The Balaban J connectivity index is 1.90. The van der Waals surface area contributed by atoms with Crippen molar-refractivity contribution in [2.24, 2.45) is 0 Å². The highest BCUT2D eigenvalue weighted by atomic mass is 16.2. The molecule has 6 heteroatoms. The minimum absolute atomic E-state index is 0.0548. The Kier molecular flexibility index (Phi) is 6.20. The normalized spacial score (nSPS) is 17.2. The highest BCUT2D eigenvalue weighted by molar-refractivity contribution is 5.89. The molecule has 0 bridgehead atoms. The summed E-state index contributed by atoms with van der Waals surface area (Å²) >= 11 is 0. The van der Waals surface area contributed by atoms with Crippen LogP contribution in [-0.2, 0) is 11.2 Å². The maximum Gasteiger partial charge on any atom is 0.321 e. The van der Waals surface area contributed by atoms with Gasteiger partial charge in [0.2, 0.25) is 5.91 Å². The monoisotopic (exact) mass is 332 g/mol. The summed E-state index contributed by atoms with van der Waals surface area (Å²) in [7, 11) is 7.61. The zero-order valence-electron chi connectivity index (χ0n) is 15.1. The third-order valence-corrected chi connectivity index (χ3v) is 4.49. The fourth-order valence-corrected chi connectivity index (χ4v) is 2.83. The number of aryl methyl sites for hydroxylation is 1. The van der Waals surface area contributed by atoms with Crippen LogP contribution >= 0.6 is 0 Å². The van der Waals surface area contributed by atoms with Gasteiger partial charge in [0.1, 0.15) is 0 Å². The summed E-state index contributed by atoms with van der Waals surface area (Å²) in [5.74, 6) is 0.108. The van der Waals surface area contributed by atoms with Crippen molar-refractivity contribution in [2.45, 2.75) is 25.3 Å². The van der Waals surface area contributed by atoms with Crippen LogP contribution in [0.1, 0.15) is 18.4 Å². The zero-order valence-corrected chi connectivity index (χ0v) is 15.1. The molecule has 1 saturated heterocycles. The van der Waals surface area contributed by atoms with Crippen molar-refractivity contribution >= 4 is 17.6 Å². The summed E-state index contributed by atoms with van der Waals surface area (Å²) in [5, 5.41) is 2.97. The van der Waals surface area contributed by atoms with E-state index < -0.39 is 0 Å². The molecular formula is C18H28N4O2. The van der Waals surface area contributed by atoms with Gasteiger partial charge in [-0.3, -0.25) is 4.79 Å². The van der Waals surface area contributed by atoms with E-state index in [9.17, 15) is 9.59 Å². The van der Waals surface area contributed by atoms with Gasteiger partial charge >= 0.3 is 6.03 Å². The molecule has 1 aromatic carbocycles. The van der Waals surface area contributed by atoms with Crippen LogP contribution in [0.15, 0.2) is 24.3 Å². The van der Waals surface area contributed by atoms with Crippen LogP contribution in [0.25, 0.3) is 0 Å². The number of nitrogens with one attached hydrogen (secondary N) is 1. The van der Waals surface area contributed by atoms with E-state index in [1.54, 1.807) is 19.0 Å². The molecule has 1 aliphatic rings. The second-order valence-electron chi connectivity index (χ2n) is 6.77. The molecule has 0 radical (unpaired) electrons.